The normalized spacial score (nSPS) is 23.7. The van der Waals surface area contributed by atoms with Crippen LogP contribution in [0.25, 0.3) is 0 Å². The predicted molar refractivity (Wildman–Crippen MR) is 53.6 cm³/mol. The van der Waals surface area contributed by atoms with E-state index in [-0.39, 0.29) is 6.04 Å². The third-order valence-electron chi connectivity index (χ3n) is 2.87. The van der Waals surface area contributed by atoms with Gasteiger partial charge in [0, 0.05) is 23.9 Å². The van der Waals surface area contributed by atoms with Crippen LogP contribution in [0.5, 0.6) is 0 Å². The molecule has 0 aromatic carbocycles. The number of aryl methyl sites for hydroxylation is 1. The zero-order valence-corrected chi connectivity index (χ0v) is 8.03. The SMILES string of the molecule is CC(N)C1CCCc2cccnc21. The van der Waals surface area contributed by atoms with E-state index in [4.69, 9.17) is 5.73 Å². The summed E-state index contributed by atoms with van der Waals surface area (Å²) in [6, 6.07) is 4.42. The van der Waals surface area contributed by atoms with E-state index in [0.717, 1.165) is 0 Å². The molecule has 0 bridgehead atoms. The van der Waals surface area contributed by atoms with Gasteiger partial charge < -0.3 is 5.73 Å². The third-order valence-corrected chi connectivity index (χ3v) is 2.87. The summed E-state index contributed by atoms with van der Waals surface area (Å²) in [5.41, 5.74) is 8.58. The predicted octanol–water partition coefficient (Wildman–Crippen LogP) is 1.85. The van der Waals surface area contributed by atoms with Crippen molar-refractivity contribution in [2.24, 2.45) is 5.73 Å². The maximum Gasteiger partial charge on any atom is 0.0481 e. The van der Waals surface area contributed by atoms with Crippen molar-refractivity contribution < 1.29 is 0 Å². The molecular weight excluding hydrogens is 160 g/mol. The first-order chi connectivity index (χ1) is 6.29. The van der Waals surface area contributed by atoms with Crippen LogP contribution in [0.2, 0.25) is 0 Å². The highest BCUT2D eigenvalue weighted by atomic mass is 14.7. The van der Waals surface area contributed by atoms with E-state index < -0.39 is 0 Å². The molecule has 0 amide bonds. The fourth-order valence-electron chi connectivity index (χ4n) is 2.16. The second-order valence-electron chi connectivity index (χ2n) is 3.91. The van der Waals surface area contributed by atoms with Gasteiger partial charge in [-0.1, -0.05) is 6.07 Å². The second kappa shape index (κ2) is 3.46. The minimum atomic E-state index is 0.231. The highest BCUT2D eigenvalue weighted by Crippen LogP contribution is 2.31. The van der Waals surface area contributed by atoms with Gasteiger partial charge in [0.15, 0.2) is 0 Å². The minimum Gasteiger partial charge on any atom is -0.327 e. The van der Waals surface area contributed by atoms with Crippen LogP contribution in [0.1, 0.15) is 36.9 Å². The Morgan fingerprint density at radius 2 is 2.46 bits per heavy atom. The zero-order valence-electron chi connectivity index (χ0n) is 8.03. The number of hydrogen-bond donors (Lipinski definition) is 1. The molecule has 0 fully saturated rings. The first-order valence-electron chi connectivity index (χ1n) is 4.98. The molecule has 2 unspecified atom stereocenters. The molecular formula is C11H16N2. The summed E-state index contributed by atoms with van der Waals surface area (Å²) in [5, 5.41) is 0. The lowest BCUT2D eigenvalue weighted by molar-refractivity contribution is 0.473. The summed E-state index contributed by atoms with van der Waals surface area (Å²) in [7, 11) is 0. The molecule has 1 aliphatic carbocycles. The lowest BCUT2D eigenvalue weighted by Crippen LogP contribution is -2.28. The third kappa shape index (κ3) is 1.59. The van der Waals surface area contributed by atoms with Crippen LogP contribution in [-0.4, -0.2) is 11.0 Å². The van der Waals surface area contributed by atoms with Crippen LogP contribution < -0.4 is 5.73 Å². The van der Waals surface area contributed by atoms with E-state index in [1.165, 1.54) is 30.5 Å². The van der Waals surface area contributed by atoms with Crippen LogP contribution >= 0.6 is 0 Å². The summed E-state index contributed by atoms with van der Waals surface area (Å²) in [5.74, 6) is 0.477. The number of nitrogens with two attached hydrogens (primary N) is 1. The fourth-order valence-corrected chi connectivity index (χ4v) is 2.16. The van der Waals surface area contributed by atoms with Crippen LogP contribution in [0.3, 0.4) is 0 Å². The van der Waals surface area contributed by atoms with E-state index in [1.807, 2.05) is 12.3 Å². The Morgan fingerprint density at radius 3 is 3.23 bits per heavy atom. The van der Waals surface area contributed by atoms with Crippen molar-refractivity contribution in [3.63, 3.8) is 0 Å². The number of nitrogens with zero attached hydrogens (tertiary/aromatic N) is 1. The second-order valence-corrected chi connectivity index (χ2v) is 3.91. The molecule has 2 rings (SSSR count). The molecule has 70 valence electrons. The lowest BCUT2D eigenvalue weighted by Gasteiger charge is -2.26. The zero-order chi connectivity index (χ0) is 9.26. The van der Waals surface area contributed by atoms with Crippen molar-refractivity contribution in [1.82, 2.24) is 4.98 Å². The number of hydrogen-bond acceptors (Lipinski definition) is 2. The Morgan fingerprint density at radius 1 is 1.62 bits per heavy atom. The molecule has 1 aromatic rings. The van der Waals surface area contributed by atoms with Crippen LogP contribution in [0.4, 0.5) is 0 Å². The standard InChI is InChI=1S/C11H16N2/c1-8(12)10-6-2-4-9-5-3-7-13-11(9)10/h3,5,7-8,10H,2,4,6,12H2,1H3. The Bertz CT molecular complexity index is 294. The van der Waals surface area contributed by atoms with Gasteiger partial charge in [0.25, 0.3) is 0 Å². The Labute approximate surface area is 79.2 Å². The highest BCUT2D eigenvalue weighted by molar-refractivity contribution is 5.26. The molecule has 0 aliphatic heterocycles. The molecule has 2 heteroatoms. The summed E-state index contributed by atoms with van der Waals surface area (Å²) in [6.07, 6.45) is 5.50. The molecule has 1 aliphatic rings. The largest absolute Gasteiger partial charge is 0.327 e. The van der Waals surface area contributed by atoms with E-state index in [9.17, 15) is 0 Å². The van der Waals surface area contributed by atoms with E-state index in [0.29, 0.717) is 5.92 Å². The maximum absolute atomic E-state index is 5.94. The number of fused-ring (bicyclic) bond motifs is 1. The van der Waals surface area contributed by atoms with E-state index in [1.54, 1.807) is 0 Å². The summed E-state index contributed by atoms with van der Waals surface area (Å²) in [6.45, 7) is 2.08. The molecule has 1 heterocycles. The van der Waals surface area contributed by atoms with Crippen LogP contribution in [0, 0.1) is 0 Å². The maximum atomic E-state index is 5.94. The van der Waals surface area contributed by atoms with Crippen molar-refractivity contribution in [2.75, 3.05) is 0 Å². The molecule has 13 heavy (non-hydrogen) atoms. The van der Waals surface area contributed by atoms with Gasteiger partial charge in [0.1, 0.15) is 0 Å². The van der Waals surface area contributed by atoms with Crippen molar-refractivity contribution in [3.8, 4) is 0 Å². The average Bonchev–Trinajstić information content (AvgIpc) is 2.17. The molecule has 1 aromatic heterocycles. The quantitative estimate of drug-likeness (QED) is 0.709. The molecule has 0 spiro atoms. The Balaban J connectivity index is 2.37. The van der Waals surface area contributed by atoms with Gasteiger partial charge in [0.05, 0.1) is 0 Å². The smallest absolute Gasteiger partial charge is 0.0481 e. The number of pyridine rings is 1. The molecule has 2 atom stereocenters. The number of aromatic nitrogens is 1. The van der Waals surface area contributed by atoms with Gasteiger partial charge in [0.2, 0.25) is 0 Å². The summed E-state index contributed by atoms with van der Waals surface area (Å²) < 4.78 is 0. The van der Waals surface area contributed by atoms with Crippen molar-refractivity contribution in [3.05, 3.63) is 29.6 Å². The van der Waals surface area contributed by atoms with Gasteiger partial charge in [-0.2, -0.15) is 0 Å². The molecule has 0 radical (unpaired) electrons. The molecule has 2 N–H and O–H groups in total. The van der Waals surface area contributed by atoms with Crippen LogP contribution in [0.15, 0.2) is 18.3 Å². The Kier molecular flexibility index (Phi) is 2.32. The monoisotopic (exact) mass is 176 g/mol. The van der Waals surface area contributed by atoms with Gasteiger partial charge in [-0.15, -0.1) is 0 Å². The van der Waals surface area contributed by atoms with Gasteiger partial charge >= 0.3 is 0 Å². The van der Waals surface area contributed by atoms with Crippen LogP contribution in [-0.2, 0) is 6.42 Å². The van der Waals surface area contributed by atoms with Gasteiger partial charge in [-0.3, -0.25) is 4.98 Å². The average molecular weight is 176 g/mol. The minimum absolute atomic E-state index is 0.231. The van der Waals surface area contributed by atoms with Crippen molar-refractivity contribution in [1.29, 1.82) is 0 Å². The van der Waals surface area contributed by atoms with Gasteiger partial charge in [-0.05, 0) is 37.8 Å². The van der Waals surface area contributed by atoms with E-state index in [2.05, 4.69) is 18.0 Å². The summed E-state index contributed by atoms with van der Waals surface area (Å²) >= 11 is 0. The highest BCUT2D eigenvalue weighted by Gasteiger charge is 2.23. The molecule has 2 nitrogen and oxygen atoms in total. The molecule has 0 saturated carbocycles. The summed E-state index contributed by atoms with van der Waals surface area (Å²) in [4.78, 5) is 4.44. The van der Waals surface area contributed by atoms with Crippen molar-refractivity contribution >= 4 is 0 Å². The Hall–Kier alpha value is -0.890. The number of rotatable bonds is 1. The molecule has 0 saturated heterocycles. The van der Waals surface area contributed by atoms with Gasteiger partial charge in [-0.25, -0.2) is 0 Å². The lowest BCUT2D eigenvalue weighted by atomic mass is 9.83. The fraction of sp³-hybridized carbons (Fsp3) is 0.545. The first-order valence-corrected chi connectivity index (χ1v) is 4.98. The topological polar surface area (TPSA) is 38.9 Å². The van der Waals surface area contributed by atoms with Crippen molar-refractivity contribution in [2.45, 2.75) is 38.1 Å². The van der Waals surface area contributed by atoms with E-state index >= 15 is 0 Å². The first kappa shape index (κ1) is 8.70.